The molecule has 1 aromatic carbocycles. The molecule has 0 bridgehead atoms. The fraction of sp³-hybridized carbons (Fsp3) is 0.538. The van der Waals surface area contributed by atoms with Crippen molar-refractivity contribution in [1.82, 2.24) is 0 Å². The SMILES string of the molecule is COc1cc(NCC2(SC)CCC2)ccc1N. The van der Waals surface area contributed by atoms with Gasteiger partial charge in [0.15, 0.2) is 0 Å². The van der Waals surface area contributed by atoms with Gasteiger partial charge in [-0.2, -0.15) is 11.8 Å². The Bertz CT molecular complexity index is 385. The first kappa shape index (κ1) is 12.4. The van der Waals surface area contributed by atoms with E-state index in [0.29, 0.717) is 10.4 Å². The third-order valence-electron chi connectivity index (χ3n) is 3.55. The van der Waals surface area contributed by atoms with Gasteiger partial charge in [-0.05, 0) is 31.2 Å². The van der Waals surface area contributed by atoms with Crippen LogP contribution in [-0.2, 0) is 0 Å². The highest BCUT2D eigenvalue weighted by atomic mass is 32.2. The second-order valence-corrected chi connectivity index (χ2v) is 5.83. The van der Waals surface area contributed by atoms with Gasteiger partial charge in [0.25, 0.3) is 0 Å². The first-order valence-electron chi connectivity index (χ1n) is 5.92. The van der Waals surface area contributed by atoms with Crippen LogP contribution in [0, 0.1) is 0 Å². The Morgan fingerprint density at radius 3 is 2.76 bits per heavy atom. The zero-order valence-electron chi connectivity index (χ0n) is 10.5. The molecule has 3 nitrogen and oxygen atoms in total. The summed E-state index contributed by atoms with van der Waals surface area (Å²) in [6.07, 6.45) is 6.18. The minimum atomic E-state index is 0.439. The van der Waals surface area contributed by atoms with Gasteiger partial charge in [0.2, 0.25) is 0 Å². The third-order valence-corrected chi connectivity index (χ3v) is 4.96. The van der Waals surface area contributed by atoms with Crippen LogP contribution >= 0.6 is 11.8 Å². The minimum absolute atomic E-state index is 0.439. The van der Waals surface area contributed by atoms with Crippen molar-refractivity contribution in [3.63, 3.8) is 0 Å². The first-order chi connectivity index (χ1) is 8.19. The van der Waals surface area contributed by atoms with Crippen LogP contribution in [0.2, 0.25) is 0 Å². The zero-order valence-corrected chi connectivity index (χ0v) is 11.3. The molecule has 0 atom stereocenters. The Morgan fingerprint density at radius 2 is 2.24 bits per heavy atom. The van der Waals surface area contributed by atoms with E-state index in [4.69, 9.17) is 10.5 Å². The molecule has 2 rings (SSSR count). The van der Waals surface area contributed by atoms with Gasteiger partial charge in [0.1, 0.15) is 5.75 Å². The van der Waals surface area contributed by atoms with Crippen molar-refractivity contribution in [2.75, 3.05) is 31.0 Å². The summed E-state index contributed by atoms with van der Waals surface area (Å²) in [6.45, 7) is 1.02. The zero-order chi connectivity index (χ0) is 12.3. The molecule has 0 heterocycles. The fourth-order valence-corrected chi connectivity index (χ4v) is 3.02. The number of methoxy groups -OCH3 is 1. The van der Waals surface area contributed by atoms with E-state index in [1.165, 1.54) is 19.3 Å². The van der Waals surface area contributed by atoms with E-state index in [1.54, 1.807) is 7.11 Å². The number of nitrogen functional groups attached to an aromatic ring is 1. The van der Waals surface area contributed by atoms with E-state index in [-0.39, 0.29) is 0 Å². The Labute approximate surface area is 107 Å². The highest BCUT2D eigenvalue weighted by Crippen LogP contribution is 2.42. The van der Waals surface area contributed by atoms with Gasteiger partial charge in [-0.15, -0.1) is 0 Å². The van der Waals surface area contributed by atoms with Crippen LogP contribution in [0.4, 0.5) is 11.4 Å². The molecule has 17 heavy (non-hydrogen) atoms. The van der Waals surface area contributed by atoms with Crippen LogP contribution in [0.1, 0.15) is 19.3 Å². The highest BCUT2D eigenvalue weighted by Gasteiger charge is 2.35. The summed E-state index contributed by atoms with van der Waals surface area (Å²) in [5, 5.41) is 3.48. The van der Waals surface area contributed by atoms with E-state index >= 15 is 0 Å². The second-order valence-electron chi connectivity index (χ2n) is 4.55. The predicted molar refractivity (Wildman–Crippen MR) is 76.0 cm³/mol. The van der Waals surface area contributed by atoms with E-state index in [2.05, 4.69) is 11.6 Å². The molecule has 94 valence electrons. The van der Waals surface area contributed by atoms with Crippen LogP contribution in [0.3, 0.4) is 0 Å². The van der Waals surface area contributed by atoms with Gasteiger partial charge in [-0.3, -0.25) is 0 Å². The average molecular weight is 252 g/mol. The molecule has 4 heteroatoms. The number of hydrogen-bond donors (Lipinski definition) is 2. The summed E-state index contributed by atoms with van der Waals surface area (Å²) in [5.41, 5.74) is 7.55. The molecular weight excluding hydrogens is 232 g/mol. The minimum Gasteiger partial charge on any atom is -0.495 e. The fourth-order valence-electron chi connectivity index (χ4n) is 2.11. The summed E-state index contributed by atoms with van der Waals surface area (Å²) < 4.78 is 5.65. The number of benzene rings is 1. The molecule has 1 aliphatic carbocycles. The lowest BCUT2D eigenvalue weighted by atomic mass is 9.84. The molecule has 1 fully saturated rings. The topological polar surface area (TPSA) is 47.3 Å². The Kier molecular flexibility index (Phi) is 3.72. The first-order valence-corrected chi connectivity index (χ1v) is 7.14. The molecule has 1 saturated carbocycles. The third kappa shape index (κ3) is 2.63. The van der Waals surface area contributed by atoms with Crippen LogP contribution in [-0.4, -0.2) is 24.7 Å². The maximum Gasteiger partial charge on any atom is 0.143 e. The number of nitrogens with two attached hydrogens (primary N) is 1. The van der Waals surface area contributed by atoms with Crippen LogP contribution in [0.25, 0.3) is 0 Å². The Hall–Kier alpha value is -1.03. The maximum absolute atomic E-state index is 5.79. The summed E-state index contributed by atoms with van der Waals surface area (Å²) >= 11 is 1.97. The van der Waals surface area contributed by atoms with Crippen molar-refractivity contribution in [1.29, 1.82) is 0 Å². The summed E-state index contributed by atoms with van der Waals surface area (Å²) in [4.78, 5) is 0. The lowest BCUT2D eigenvalue weighted by molar-refractivity contribution is 0.380. The molecule has 1 aromatic rings. The maximum atomic E-state index is 5.79. The van der Waals surface area contributed by atoms with Crippen molar-refractivity contribution in [3.8, 4) is 5.75 Å². The summed E-state index contributed by atoms with van der Waals surface area (Å²) in [7, 11) is 1.64. The van der Waals surface area contributed by atoms with Gasteiger partial charge in [-0.1, -0.05) is 6.42 Å². The number of hydrogen-bond acceptors (Lipinski definition) is 4. The quantitative estimate of drug-likeness (QED) is 0.791. The van der Waals surface area contributed by atoms with E-state index in [1.807, 2.05) is 30.0 Å². The summed E-state index contributed by atoms with van der Waals surface area (Å²) in [5.74, 6) is 0.738. The van der Waals surface area contributed by atoms with Crippen molar-refractivity contribution >= 4 is 23.1 Å². The molecule has 0 saturated heterocycles. The molecule has 0 aliphatic heterocycles. The van der Waals surface area contributed by atoms with Gasteiger partial charge in [0.05, 0.1) is 12.8 Å². The predicted octanol–water partition coefficient (Wildman–Crippen LogP) is 2.98. The number of thioether (sulfide) groups is 1. The number of rotatable bonds is 5. The average Bonchev–Trinajstić information content (AvgIpc) is 2.30. The number of anilines is 2. The highest BCUT2D eigenvalue weighted by molar-refractivity contribution is 8.00. The van der Waals surface area contributed by atoms with Crippen molar-refractivity contribution in [2.45, 2.75) is 24.0 Å². The molecule has 0 aromatic heterocycles. The van der Waals surface area contributed by atoms with Crippen LogP contribution in [0.5, 0.6) is 5.75 Å². The van der Waals surface area contributed by atoms with Crippen molar-refractivity contribution in [2.24, 2.45) is 0 Å². The number of nitrogens with one attached hydrogen (secondary N) is 1. The molecule has 0 radical (unpaired) electrons. The molecule has 3 N–H and O–H groups in total. The number of ether oxygens (including phenoxy) is 1. The van der Waals surface area contributed by atoms with E-state index in [9.17, 15) is 0 Å². The molecule has 0 spiro atoms. The van der Waals surface area contributed by atoms with Crippen LogP contribution in [0.15, 0.2) is 18.2 Å². The van der Waals surface area contributed by atoms with E-state index < -0.39 is 0 Å². The lowest BCUT2D eigenvalue weighted by Crippen LogP contribution is -2.40. The molecule has 0 unspecified atom stereocenters. The monoisotopic (exact) mass is 252 g/mol. The second kappa shape index (κ2) is 5.08. The van der Waals surface area contributed by atoms with Crippen LogP contribution < -0.4 is 15.8 Å². The van der Waals surface area contributed by atoms with E-state index in [0.717, 1.165) is 18.0 Å². The van der Waals surface area contributed by atoms with Gasteiger partial charge < -0.3 is 15.8 Å². The van der Waals surface area contributed by atoms with Gasteiger partial charge in [0, 0.05) is 23.0 Å². The molecule has 1 aliphatic rings. The lowest BCUT2D eigenvalue weighted by Gasteiger charge is -2.40. The standard InChI is InChI=1S/C13H20N2OS/c1-16-12-8-10(4-5-11(12)14)15-9-13(17-2)6-3-7-13/h4-5,8,15H,3,6-7,9,14H2,1-2H3. The van der Waals surface area contributed by atoms with Crippen molar-refractivity contribution in [3.05, 3.63) is 18.2 Å². The van der Waals surface area contributed by atoms with Gasteiger partial charge in [-0.25, -0.2) is 0 Å². The summed E-state index contributed by atoms with van der Waals surface area (Å²) in [6, 6.07) is 5.85. The van der Waals surface area contributed by atoms with Crippen molar-refractivity contribution < 1.29 is 4.74 Å². The Balaban J connectivity index is 1.99. The van der Waals surface area contributed by atoms with Gasteiger partial charge >= 0.3 is 0 Å². The molecule has 0 amide bonds. The Morgan fingerprint density at radius 1 is 1.47 bits per heavy atom. The smallest absolute Gasteiger partial charge is 0.143 e. The largest absolute Gasteiger partial charge is 0.495 e. The normalized spacial score (nSPS) is 17.3. The molecular formula is C13H20N2OS.